The number of nitrogens with zero attached hydrogens (tertiary/aromatic N) is 1. The molecule has 0 saturated carbocycles. The summed E-state index contributed by atoms with van der Waals surface area (Å²) in [6, 6.07) is 3.61. The quantitative estimate of drug-likeness (QED) is 0.866. The smallest absolute Gasteiger partial charge is 0.183 e. The molecule has 86 valence electrons. The Morgan fingerprint density at radius 2 is 2.12 bits per heavy atom. The van der Waals surface area contributed by atoms with Crippen LogP contribution in [0.2, 0.25) is 10.0 Å². The first-order valence-electron chi connectivity index (χ1n) is 4.69. The summed E-state index contributed by atoms with van der Waals surface area (Å²) in [5.74, 6) is 0. The summed E-state index contributed by atoms with van der Waals surface area (Å²) in [6.07, 6.45) is 0. The molecular weight excluding hydrogens is 267 g/mol. The van der Waals surface area contributed by atoms with Gasteiger partial charge in [-0.1, -0.05) is 34.5 Å². The van der Waals surface area contributed by atoms with Crippen LogP contribution in [0.15, 0.2) is 12.1 Å². The SMILES string of the molecule is COCCNc1nc2cc(Cl)c(Cl)cc2s1. The van der Waals surface area contributed by atoms with Gasteiger partial charge in [0.05, 0.1) is 26.9 Å². The molecule has 1 aromatic heterocycles. The predicted octanol–water partition coefficient (Wildman–Crippen LogP) is 3.66. The van der Waals surface area contributed by atoms with Crippen molar-refractivity contribution in [3.05, 3.63) is 22.2 Å². The van der Waals surface area contributed by atoms with Crippen LogP contribution >= 0.6 is 34.5 Å². The fourth-order valence-electron chi connectivity index (χ4n) is 1.26. The highest BCUT2D eigenvalue weighted by atomic mass is 35.5. The molecule has 1 N–H and O–H groups in total. The molecule has 0 unspecified atom stereocenters. The summed E-state index contributed by atoms with van der Waals surface area (Å²) >= 11 is 13.4. The first-order valence-corrected chi connectivity index (χ1v) is 6.26. The number of methoxy groups -OCH3 is 1. The van der Waals surface area contributed by atoms with Gasteiger partial charge in [-0.25, -0.2) is 4.98 Å². The van der Waals surface area contributed by atoms with E-state index in [4.69, 9.17) is 27.9 Å². The Morgan fingerprint density at radius 3 is 2.88 bits per heavy atom. The Labute approximate surface area is 107 Å². The number of benzene rings is 1. The van der Waals surface area contributed by atoms with E-state index < -0.39 is 0 Å². The Hall–Kier alpha value is -0.550. The van der Waals surface area contributed by atoms with Crippen molar-refractivity contribution in [1.29, 1.82) is 0 Å². The highest BCUT2D eigenvalue weighted by Gasteiger charge is 2.06. The molecule has 0 aliphatic heterocycles. The molecule has 1 heterocycles. The van der Waals surface area contributed by atoms with Crippen molar-refractivity contribution < 1.29 is 4.74 Å². The molecule has 0 aliphatic rings. The lowest BCUT2D eigenvalue weighted by molar-refractivity contribution is 0.211. The summed E-state index contributed by atoms with van der Waals surface area (Å²) in [6.45, 7) is 1.38. The Kier molecular flexibility index (Phi) is 3.86. The third-order valence-corrected chi connectivity index (χ3v) is 3.71. The number of rotatable bonds is 4. The van der Waals surface area contributed by atoms with E-state index in [0.29, 0.717) is 16.7 Å². The van der Waals surface area contributed by atoms with Crippen LogP contribution in [0.4, 0.5) is 5.13 Å². The molecule has 0 fully saturated rings. The van der Waals surface area contributed by atoms with E-state index in [9.17, 15) is 0 Å². The van der Waals surface area contributed by atoms with Crippen molar-refractivity contribution in [2.75, 3.05) is 25.6 Å². The molecule has 0 spiro atoms. The number of thiazole rings is 1. The van der Waals surface area contributed by atoms with Crippen LogP contribution in [-0.2, 0) is 4.74 Å². The number of hydrogen-bond acceptors (Lipinski definition) is 4. The van der Waals surface area contributed by atoms with Crippen LogP contribution in [0.1, 0.15) is 0 Å². The third kappa shape index (κ3) is 2.58. The number of halogens is 2. The molecular formula is C10H10Cl2N2OS. The van der Waals surface area contributed by atoms with E-state index in [1.54, 1.807) is 24.5 Å². The van der Waals surface area contributed by atoms with Gasteiger partial charge in [0.15, 0.2) is 5.13 Å². The topological polar surface area (TPSA) is 34.1 Å². The van der Waals surface area contributed by atoms with Gasteiger partial charge in [0, 0.05) is 13.7 Å². The number of fused-ring (bicyclic) bond motifs is 1. The molecule has 0 amide bonds. The zero-order chi connectivity index (χ0) is 11.5. The van der Waals surface area contributed by atoms with Crippen LogP contribution in [0.25, 0.3) is 10.2 Å². The van der Waals surface area contributed by atoms with Crippen LogP contribution in [0.5, 0.6) is 0 Å². The fraction of sp³-hybridized carbons (Fsp3) is 0.300. The first kappa shape index (κ1) is 11.9. The average molecular weight is 277 g/mol. The summed E-state index contributed by atoms with van der Waals surface area (Å²) < 4.78 is 5.97. The molecule has 3 nitrogen and oxygen atoms in total. The highest BCUT2D eigenvalue weighted by Crippen LogP contribution is 2.32. The average Bonchev–Trinajstić information content (AvgIpc) is 2.61. The summed E-state index contributed by atoms with van der Waals surface area (Å²) in [4.78, 5) is 4.40. The normalized spacial score (nSPS) is 10.9. The second kappa shape index (κ2) is 5.19. The number of nitrogens with one attached hydrogen (secondary N) is 1. The number of ether oxygens (including phenoxy) is 1. The van der Waals surface area contributed by atoms with E-state index in [-0.39, 0.29) is 0 Å². The van der Waals surface area contributed by atoms with E-state index >= 15 is 0 Å². The molecule has 1 aromatic carbocycles. The monoisotopic (exact) mass is 276 g/mol. The van der Waals surface area contributed by atoms with E-state index in [1.165, 1.54) is 0 Å². The summed E-state index contributed by atoms with van der Waals surface area (Å²) in [7, 11) is 1.67. The lowest BCUT2D eigenvalue weighted by Crippen LogP contribution is -2.06. The fourth-order valence-corrected chi connectivity index (χ4v) is 2.56. The molecule has 0 atom stereocenters. The van der Waals surface area contributed by atoms with Gasteiger partial charge in [-0.3, -0.25) is 0 Å². The Balaban J connectivity index is 2.23. The minimum absolute atomic E-state index is 0.530. The minimum Gasteiger partial charge on any atom is -0.383 e. The largest absolute Gasteiger partial charge is 0.383 e. The van der Waals surface area contributed by atoms with Gasteiger partial charge in [0.1, 0.15) is 0 Å². The van der Waals surface area contributed by atoms with Crippen molar-refractivity contribution in [2.45, 2.75) is 0 Å². The maximum absolute atomic E-state index is 5.93. The Morgan fingerprint density at radius 1 is 1.38 bits per heavy atom. The lowest BCUT2D eigenvalue weighted by atomic mass is 10.3. The maximum Gasteiger partial charge on any atom is 0.183 e. The van der Waals surface area contributed by atoms with Crippen molar-refractivity contribution in [1.82, 2.24) is 4.98 Å². The Bertz CT molecular complexity index is 462. The number of aromatic nitrogens is 1. The van der Waals surface area contributed by atoms with Crippen molar-refractivity contribution in [3.63, 3.8) is 0 Å². The van der Waals surface area contributed by atoms with Crippen LogP contribution in [0, 0.1) is 0 Å². The first-order chi connectivity index (χ1) is 7.70. The van der Waals surface area contributed by atoms with Gasteiger partial charge in [0.2, 0.25) is 0 Å². The molecule has 2 aromatic rings. The molecule has 0 radical (unpaired) electrons. The molecule has 0 saturated heterocycles. The molecule has 0 bridgehead atoms. The van der Waals surface area contributed by atoms with Crippen LogP contribution < -0.4 is 5.32 Å². The van der Waals surface area contributed by atoms with Crippen molar-refractivity contribution >= 4 is 49.9 Å². The van der Waals surface area contributed by atoms with E-state index in [2.05, 4.69) is 10.3 Å². The lowest BCUT2D eigenvalue weighted by Gasteiger charge is -1.99. The van der Waals surface area contributed by atoms with Crippen LogP contribution in [-0.4, -0.2) is 25.2 Å². The van der Waals surface area contributed by atoms with Crippen molar-refractivity contribution in [2.24, 2.45) is 0 Å². The molecule has 2 rings (SSSR count). The van der Waals surface area contributed by atoms with Crippen LogP contribution in [0.3, 0.4) is 0 Å². The second-order valence-electron chi connectivity index (χ2n) is 3.17. The number of hydrogen-bond donors (Lipinski definition) is 1. The zero-order valence-corrected chi connectivity index (χ0v) is 10.9. The molecule has 0 aliphatic carbocycles. The summed E-state index contributed by atoms with van der Waals surface area (Å²) in [5.41, 5.74) is 0.860. The third-order valence-electron chi connectivity index (χ3n) is 2.01. The van der Waals surface area contributed by atoms with E-state index in [1.807, 2.05) is 6.07 Å². The van der Waals surface area contributed by atoms with Gasteiger partial charge in [-0.05, 0) is 12.1 Å². The van der Waals surface area contributed by atoms with Gasteiger partial charge in [-0.2, -0.15) is 0 Å². The predicted molar refractivity (Wildman–Crippen MR) is 70.0 cm³/mol. The van der Waals surface area contributed by atoms with Gasteiger partial charge >= 0.3 is 0 Å². The van der Waals surface area contributed by atoms with Crippen molar-refractivity contribution in [3.8, 4) is 0 Å². The molecule has 6 heteroatoms. The zero-order valence-electron chi connectivity index (χ0n) is 8.59. The van der Waals surface area contributed by atoms with Gasteiger partial charge < -0.3 is 10.1 Å². The minimum atomic E-state index is 0.530. The standard InChI is InChI=1S/C10H10Cl2N2OS/c1-15-3-2-13-10-14-8-4-6(11)7(12)5-9(8)16-10/h4-5H,2-3H2,1H3,(H,13,14). The maximum atomic E-state index is 5.93. The van der Waals surface area contributed by atoms with Gasteiger partial charge in [-0.15, -0.1) is 0 Å². The van der Waals surface area contributed by atoms with Gasteiger partial charge in [0.25, 0.3) is 0 Å². The van der Waals surface area contributed by atoms with E-state index in [0.717, 1.165) is 21.9 Å². The summed E-state index contributed by atoms with van der Waals surface area (Å²) in [5, 5.41) is 5.11. The molecule has 16 heavy (non-hydrogen) atoms. The second-order valence-corrected chi connectivity index (χ2v) is 5.02. The number of anilines is 1. The highest BCUT2D eigenvalue weighted by molar-refractivity contribution is 7.22.